The number of aromatic nitrogens is 5. The second-order valence-corrected chi connectivity index (χ2v) is 5.84. The third-order valence-electron chi connectivity index (χ3n) is 4.32. The molecule has 1 atom stereocenters. The lowest BCUT2D eigenvalue weighted by atomic mass is 10.0. The summed E-state index contributed by atoms with van der Waals surface area (Å²) in [6, 6.07) is 7.96. The van der Waals surface area contributed by atoms with Gasteiger partial charge >= 0.3 is 0 Å². The van der Waals surface area contributed by atoms with Gasteiger partial charge in [0.15, 0.2) is 0 Å². The van der Waals surface area contributed by atoms with E-state index in [4.69, 9.17) is 0 Å². The summed E-state index contributed by atoms with van der Waals surface area (Å²) in [5.74, 6) is 0.929. The third-order valence-corrected chi connectivity index (χ3v) is 4.32. The maximum absolute atomic E-state index is 12.7. The second-order valence-electron chi connectivity index (χ2n) is 5.84. The van der Waals surface area contributed by atoms with Gasteiger partial charge in [-0.15, -0.1) is 5.10 Å². The summed E-state index contributed by atoms with van der Waals surface area (Å²) in [6.07, 6.45) is 6.36. The van der Waals surface area contributed by atoms with Crippen molar-refractivity contribution in [3.63, 3.8) is 0 Å². The smallest absolute Gasteiger partial charge is 0.244 e. The first kappa shape index (κ1) is 13.9. The number of para-hydroxylation sites is 2. The van der Waals surface area contributed by atoms with Crippen LogP contribution in [-0.4, -0.2) is 42.3 Å². The van der Waals surface area contributed by atoms with Crippen molar-refractivity contribution in [2.75, 3.05) is 6.54 Å². The van der Waals surface area contributed by atoms with Crippen LogP contribution in [0.4, 0.5) is 0 Å². The van der Waals surface area contributed by atoms with Gasteiger partial charge in [-0.25, -0.2) is 9.67 Å². The van der Waals surface area contributed by atoms with Crippen molar-refractivity contribution >= 4 is 16.9 Å². The fourth-order valence-corrected chi connectivity index (χ4v) is 3.19. The van der Waals surface area contributed by atoms with E-state index < -0.39 is 0 Å². The fourth-order valence-electron chi connectivity index (χ4n) is 3.19. The molecule has 0 unspecified atom stereocenters. The number of H-pyrrole nitrogens is 1. The van der Waals surface area contributed by atoms with Gasteiger partial charge in [0.1, 0.15) is 12.4 Å². The first-order valence-electron chi connectivity index (χ1n) is 7.89. The number of rotatable bonds is 3. The first-order chi connectivity index (χ1) is 11.3. The number of fused-ring (bicyclic) bond motifs is 1. The largest absolute Gasteiger partial charge is 0.340 e. The molecule has 1 aliphatic rings. The monoisotopic (exact) mass is 310 g/mol. The SMILES string of the molecule is O=C(Cn1ccnn1)N1CCCC[C@@H]1c1nc2ccccc2[nH]1. The zero-order valence-electron chi connectivity index (χ0n) is 12.7. The highest BCUT2D eigenvalue weighted by Gasteiger charge is 2.30. The molecule has 0 aliphatic carbocycles. The van der Waals surface area contributed by atoms with E-state index >= 15 is 0 Å². The quantitative estimate of drug-likeness (QED) is 0.801. The van der Waals surface area contributed by atoms with E-state index in [-0.39, 0.29) is 18.5 Å². The van der Waals surface area contributed by atoms with Gasteiger partial charge in [-0.1, -0.05) is 17.3 Å². The van der Waals surface area contributed by atoms with E-state index in [2.05, 4.69) is 20.3 Å². The topological polar surface area (TPSA) is 79.7 Å². The Morgan fingerprint density at radius 3 is 3.04 bits per heavy atom. The Labute approximate surface area is 133 Å². The van der Waals surface area contributed by atoms with Crippen LogP contribution < -0.4 is 0 Å². The number of hydrogen-bond acceptors (Lipinski definition) is 4. The van der Waals surface area contributed by atoms with Crippen LogP contribution in [0.5, 0.6) is 0 Å². The van der Waals surface area contributed by atoms with Crippen LogP contribution in [0.3, 0.4) is 0 Å². The van der Waals surface area contributed by atoms with E-state index in [9.17, 15) is 4.79 Å². The van der Waals surface area contributed by atoms with Crippen molar-refractivity contribution in [1.82, 2.24) is 29.9 Å². The van der Waals surface area contributed by atoms with E-state index in [0.717, 1.165) is 42.7 Å². The molecule has 1 N–H and O–H groups in total. The number of carbonyl (C=O) groups is 1. The lowest BCUT2D eigenvalue weighted by Crippen LogP contribution is -2.40. The number of amides is 1. The predicted octanol–water partition coefficient (Wildman–Crippen LogP) is 1.91. The number of aromatic amines is 1. The molecule has 1 aliphatic heterocycles. The highest BCUT2D eigenvalue weighted by molar-refractivity contribution is 5.77. The molecule has 3 heterocycles. The van der Waals surface area contributed by atoms with Crippen LogP contribution in [0.2, 0.25) is 0 Å². The minimum atomic E-state index is 0.00664. The van der Waals surface area contributed by atoms with Crippen molar-refractivity contribution < 1.29 is 4.79 Å². The molecule has 1 aromatic carbocycles. The van der Waals surface area contributed by atoms with Gasteiger partial charge in [0, 0.05) is 12.7 Å². The maximum atomic E-state index is 12.7. The van der Waals surface area contributed by atoms with Gasteiger partial charge < -0.3 is 9.88 Å². The molecule has 7 nitrogen and oxygen atoms in total. The average Bonchev–Trinajstić information content (AvgIpc) is 3.23. The molecule has 7 heteroatoms. The fraction of sp³-hybridized carbons (Fsp3) is 0.375. The Morgan fingerprint density at radius 1 is 1.30 bits per heavy atom. The van der Waals surface area contributed by atoms with Gasteiger partial charge in [-0.05, 0) is 31.4 Å². The Kier molecular flexibility index (Phi) is 3.53. The van der Waals surface area contributed by atoms with Crippen LogP contribution in [0.1, 0.15) is 31.1 Å². The average molecular weight is 310 g/mol. The number of nitrogens with zero attached hydrogens (tertiary/aromatic N) is 5. The van der Waals surface area contributed by atoms with E-state index in [0.29, 0.717) is 0 Å². The molecule has 0 radical (unpaired) electrons. The zero-order valence-corrected chi connectivity index (χ0v) is 12.7. The summed E-state index contributed by atoms with van der Waals surface area (Å²) in [4.78, 5) is 22.6. The Balaban J connectivity index is 1.60. The third kappa shape index (κ3) is 2.69. The number of imidazole rings is 1. The molecule has 1 fully saturated rings. The van der Waals surface area contributed by atoms with Crippen LogP contribution in [-0.2, 0) is 11.3 Å². The van der Waals surface area contributed by atoms with Gasteiger partial charge in [0.25, 0.3) is 0 Å². The molecule has 0 bridgehead atoms. The number of nitrogens with one attached hydrogen (secondary N) is 1. The van der Waals surface area contributed by atoms with Crippen molar-refractivity contribution in [2.24, 2.45) is 0 Å². The molecule has 1 saturated heterocycles. The minimum Gasteiger partial charge on any atom is -0.340 e. The highest BCUT2D eigenvalue weighted by atomic mass is 16.2. The molecular weight excluding hydrogens is 292 g/mol. The number of likely N-dealkylation sites (tertiary alicyclic amines) is 1. The molecule has 0 spiro atoms. The first-order valence-corrected chi connectivity index (χ1v) is 7.89. The molecular formula is C16H18N6O. The summed E-state index contributed by atoms with van der Waals surface area (Å²) >= 11 is 0. The Morgan fingerprint density at radius 2 is 2.22 bits per heavy atom. The Bertz CT molecular complexity index is 776. The van der Waals surface area contributed by atoms with Crippen molar-refractivity contribution in [3.05, 3.63) is 42.5 Å². The highest BCUT2D eigenvalue weighted by Crippen LogP contribution is 2.30. The second kappa shape index (κ2) is 5.83. The summed E-state index contributed by atoms with van der Waals surface area (Å²) in [5.41, 5.74) is 1.95. The molecule has 0 saturated carbocycles. The molecule has 2 aromatic heterocycles. The maximum Gasteiger partial charge on any atom is 0.244 e. The van der Waals surface area contributed by atoms with E-state index in [1.165, 1.54) is 0 Å². The minimum absolute atomic E-state index is 0.00664. The van der Waals surface area contributed by atoms with Gasteiger partial charge in [0.2, 0.25) is 5.91 Å². The lowest BCUT2D eigenvalue weighted by molar-refractivity contribution is -0.136. The lowest BCUT2D eigenvalue weighted by Gasteiger charge is -2.34. The van der Waals surface area contributed by atoms with Crippen LogP contribution >= 0.6 is 0 Å². The standard InChI is InChI=1S/C16H18N6O/c23-15(11-21-10-8-17-20-21)22-9-4-3-7-14(22)16-18-12-5-1-2-6-13(12)19-16/h1-2,5-6,8,10,14H,3-4,7,9,11H2,(H,18,19)/t14-/m1/s1. The summed E-state index contributed by atoms with van der Waals surface area (Å²) in [6.45, 7) is 0.978. The molecule has 1 amide bonds. The number of carbonyl (C=O) groups excluding carboxylic acids is 1. The predicted molar refractivity (Wildman–Crippen MR) is 84.4 cm³/mol. The number of hydrogen-bond donors (Lipinski definition) is 1. The number of piperidine rings is 1. The zero-order chi connectivity index (χ0) is 15.6. The van der Waals surface area contributed by atoms with Crippen LogP contribution in [0.25, 0.3) is 11.0 Å². The summed E-state index contributed by atoms with van der Waals surface area (Å²) < 4.78 is 1.56. The van der Waals surface area contributed by atoms with E-state index in [1.807, 2.05) is 29.2 Å². The van der Waals surface area contributed by atoms with Crippen LogP contribution in [0.15, 0.2) is 36.7 Å². The van der Waals surface area contributed by atoms with Crippen molar-refractivity contribution in [3.8, 4) is 0 Å². The molecule has 4 rings (SSSR count). The molecule has 3 aromatic rings. The molecule has 23 heavy (non-hydrogen) atoms. The Hall–Kier alpha value is -2.70. The normalized spacial score (nSPS) is 18.4. The van der Waals surface area contributed by atoms with Gasteiger partial charge in [0.05, 0.1) is 23.3 Å². The van der Waals surface area contributed by atoms with Crippen LogP contribution in [0, 0.1) is 0 Å². The van der Waals surface area contributed by atoms with Gasteiger partial charge in [-0.2, -0.15) is 0 Å². The van der Waals surface area contributed by atoms with Crippen molar-refractivity contribution in [1.29, 1.82) is 0 Å². The van der Waals surface area contributed by atoms with Crippen molar-refractivity contribution in [2.45, 2.75) is 31.8 Å². The summed E-state index contributed by atoms with van der Waals surface area (Å²) in [5, 5.41) is 7.63. The summed E-state index contributed by atoms with van der Waals surface area (Å²) in [7, 11) is 0. The number of benzene rings is 1. The molecule has 118 valence electrons. The van der Waals surface area contributed by atoms with E-state index in [1.54, 1.807) is 17.1 Å². The van der Waals surface area contributed by atoms with Gasteiger partial charge in [-0.3, -0.25) is 4.79 Å².